The van der Waals surface area contributed by atoms with Crippen LogP contribution < -0.4 is 9.86 Å². The first-order valence-corrected chi connectivity index (χ1v) is 10.7. The number of sulfone groups is 1. The zero-order chi connectivity index (χ0) is 16.5. The molecule has 0 heterocycles. The van der Waals surface area contributed by atoms with Gasteiger partial charge in [-0.25, -0.2) is 35.1 Å². The number of hydrogen-bond donors (Lipinski definition) is 2. The maximum Gasteiger partial charge on any atom is 0.240 e. The summed E-state index contributed by atoms with van der Waals surface area (Å²) < 4.78 is 70.6. The summed E-state index contributed by atoms with van der Waals surface area (Å²) in [5.74, 6) is -0.346. The van der Waals surface area contributed by atoms with Crippen molar-refractivity contribution >= 4 is 29.9 Å². The van der Waals surface area contributed by atoms with Crippen LogP contribution in [0.25, 0.3) is 0 Å². The molecule has 21 heavy (non-hydrogen) atoms. The van der Waals surface area contributed by atoms with Crippen LogP contribution in [0, 0.1) is 0 Å². The first-order chi connectivity index (χ1) is 9.31. The second-order valence-corrected chi connectivity index (χ2v) is 10.1. The quantitative estimate of drug-likeness (QED) is 0.673. The van der Waals surface area contributed by atoms with Crippen molar-refractivity contribution in [2.75, 3.05) is 12.0 Å². The van der Waals surface area contributed by atoms with E-state index in [9.17, 15) is 25.3 Å². The fourth-order valence-electron chi connectivity index (χ4n) is 1.63. The average Bonchev–Trinajstić information content (AvgIpc) is 2.24. The van der Waals surface area contributed by atoms with E-state index in [0.717, 1.165) is 30.5 Å². The lowest BCUT2D eigenvalue weighted by Gasteiger charge is -2.13. The van der Waals surface area contributed by atoms with Crippen LogP contribution in [0.4, 0.5) is 0 Å². The van der Waals surface area contributed by atoms with Crippen LogP contribution >= 0.6 is 0 Å². The van der Waals surface area contributed by atoms with Gasteiger partial charge in [-0.2, -0.15) is 0 Å². The lowest BCUT2D eigenvalue weighted by atomic mass is 10.4. The number of nitrogens with one attached hydrogen (secondary N) is 1. The van der Waals surface area contributed by atoms with E-state index in [-0.39, 0.29) is 15.5 Å². The molecule has 0 aliphatic carbocycles. The molecular formula is C10H16N2O6S3. The molecule has 1 aromatic carbocycles. The Morgan fingerprint density at radius 2 is 1.43 bits per heavy atom. The highest BCUT2D eigenvalue weighted by Crippen LogP contribution is 2.13. The molecule has 0 saturated heterocycles. The summed E-state index contributed by atoms with van der Waals surface area (Å²) in [4.78, 5) is -0.402. The van der Waals surface area contributed by atoms with Crippen molar-refractivity contribution in [3.63, 3.8) is 0 Å². The van der Waals surface area contributed by atoms with E-state index < -0.39 is 35.9 Å². The SMILES string of the molecule is CC(CS(C)(=O)=O)NS(=O)(=O)c1ccc(S(N)(=O)=O)cc1. The van der Waals surface area contributed by atoms with Crippen molar-refractivity contribution in [1.29, 1.82) is 0 Å². The zero-order valence-corrected chi connectivity index (χ0v) is 13.8. The van der Waals surface area contributed by atoms with Crippen molar-refractivity contribution in [2.24, 2.45) is 5.14 Å². The molecule has 3 N–H and O–H groups in total. The minimum absolute atomic E-state index is 0.185. The van der Waals surface area contributed by atoms with Crippen molar-refractivity contribution < 1.29 is 25.3 Å². The van der Waals surface area contributed by atoms with E-state index in [1.54, 1.807) is 0 Å². The van der Waals surface area contributed by atoms with Gasteiger partial charge in [0.2, 0.25) is 20.0 Å². The smallest absolute Gasteiger partial charge is 0.229 e. The maximum absolute atomic E-state index is 12.0. The number of nitrogens with two attached hydrogens (primary N) is 1. The number of hydrogen-bond acceptors (Lipinski definition) is 6. The van der Waals surface area contributed by atoms with Gasteiger partial charge in [0.15, 0.2) is 0 Å². The zero-order valence-electron chi connectivity index (χ0n) is 11.3. The third kappa shape index (κ3) is 5.71. The first kappa shape index (κ1) is 18.0. The second kappa shape index (κ2) is 6.01. The Hall–Kier alpha value is -1.01. The van der Waals surface area contributed by atoms with E-state index in [0.29, 0.717) is 0 Å². The molecule has 0 fully saturated rings. The Labute approximate surface area is 124 Å². The number of sulfonamides is 2. The van der Waals surface area contributed by atoms with Gasteiger partial charge >= 0.3 is 0 Å². The van der Waals surface area contributed by atoms with Gasteiger partial charge in [0.05, 0.1) is 15.5 Å². The number of benzene rings is 1. The molecule has 0 bridgehead atoms. The van der Waals surface area contributed by atoms with Crippen molar-refractivity contribution in [2.45, 2.75) is 22.8 Å². The molecule has 1 atom stereocenters. The molecule has 0 amide bonds. The minimum atomic E-state index is -3.94. The number of rotatable bonds is 6. The monoisotopic (exact) mass is 356 g/mol. The van der Waals surface area contributed by atoms with Gasteiger partial charge in [-0.15, -0.1) is 0 Å². The lowest BCUT2D eigenvalue weighted by molar-refractivity contribution is 0.564. The van der Waals surface area contributed by atoms with Crippen molar-refractivity contribution in [3.8, 4) is 0 Å². The molecule has 1 aromatic rings. The van der Waals surface area contributed by atoms with Crippen LogP contribution in [-0.4, -0.2) is 43.3 Å². The highest BCUT2D eigenvalue weighted by molar-refractivity contribution is 7.91. The van der Waals surface area contributed by atoms with Crippen LogP contribution in [0.2, 0.25) is 0 Å². The highest BCUT2D eigenvalue weighted by atomic mass is 32.2. The lowest BCUT2D eigenvalue weighted by Crippen LogP contribution is -2.37. The molecule has 11 heteroatoms. The van der Waals surface area contributed by atoms with Crippen LogP contribution in [0.5, 0.6) is 0 Å². The van der Waals surface area contributed by atoms with E-state index in [4.69, 9.17) is 5.14 Å². The standard InChI is InChI=1S/C10H16N2O6S3/c1-8(7-19(2,13)14)12-21(17,18)10-5-3-9(4-6-10)20(11,15)16/h3-6,8,12H,7H2,1-2H3,(H2,11,15,16). The molecule has 8 nitrogen and oxygen atoms in total. The summed E-state index contributed by atoms with van der Waals surface area (Å²) in [5, 5.41) is 4.91. The number of primary sulfonamides is 1. The summed E-state index contributed by atoms with van der Waals surface area (Å²) in [6, 6.07) is 3.46. The fraction of sp³-hybridized carbons (Fsp3) is 0.400. The van der Waals surface area contributed by atoms with Gasteiger partial charge in [0.25, 0.3) is 0 Å². The second-order valence-electron chi connectivity index (χ2n) is 4.63. The predicted molar refractivity (Wildman–Crippen MR) is 77.3 cm³/mol. The normalized spacial score (nSPS) is 14.8. The van der Waals surface area contributed by atoms with Gasteiger partial charge < -0.3 is 0 Å². The summed E-state index contributed by atoms with van der Waals surface area (Å²) in [7, 11) is -11.2. The molecule has 0 radical (unpaired) electrons. The summed E-state index contributed by atoms with van der Waals surface area (Å²) >= 11 is 0. The molecular weight excluding hydrogens is 340 g/mol. The Morgan fingerprint density at radius 3 is 1.81 bits per heavy atom. The van der Waals surface area contributed by atoms with Crippen molar-refractivity contribution in [1.82, 2.24) is 4.72 Å². The minimum Gasteiger partial charge on any atom is -0.229 e. The Morgan fingerprint density at radius 1 is 1.00 bits per heavy atom. The Bertz CT molecular complexity index is 810. The van der Waals surface area contributed by atoms with Gasteiger partial charge in [-0.05, 0) is 31.2 Å². The third-order valence-corrected chi connectivity index (χ3v) is 6.01. The van der Waals surface area contributed by atoms with Crippen LogP contribution in [0.1, 0.15) is 6.92 Å². The molecule has 0 aromatic heterocycles. The van der Waals surface area contributed by atoms with Gasteiger partial charge in [-0.3, -0.25) is 0 Å². The summed E-state index contributed by atoms with van der Waals surface area (Å²) in [6.07, 6.45) is 0.999. The molecule has 0 aliphatic rings. The molecule has 1 unspecified atom stereocenters. The van der Waals surface area contributed by atoms with Crippen molar-refractivity contribution in [3.05, 3.63) is 24.3 Å². The summed E-state index contributed by atoms with van der Waals surface area (Å²) in [5.41, 5.74) is 0. The van der Waals surface area contributed by atoms with E-state index in [1.165, 1.54) is 6.92 Å². The first-order valence-electron chi connectivity index (χ1n) is 5.64. The predicted octanol–water partition coefficient (Wildman–Crippen LogP) is -0.955. The molecule has 120 valence electrons. The van der Waals surface area contributed by atoms with Gasteiger partial charge in [0.1, 0.15) is 9.84 Å². The average molecular weight is 356 g/mol. The highest BCUT2D eigenvalue weighted by Gasteiger charge is 2.20. The van der Waals surface area contributed by atoms with Gasteiger partial charge in [0, 0.05) is 12.3 Å². The topological polar surface area (TPSA) is 140 Å². The summed E-state index contributed by atoms with van der Waals surface area (Å²) in [6.45, 7) is 1.41. The van der Waals surface area contributed by atoms with Crippen LogP contribution in [0.15, 0.2) is 34.1 Å². The fourth-order valence-corrected chi connectivity index (χ4v) is 4.49. The Balaban J connectivity index is 2.99. The molecule has 1 rings (SSSR count). The van der Waals surface area contributed by atoms with Gasteiger partial charge in [-0.1, -0.05) is 0 Å². The molecule has 0 spiro atoms. The maximum atomic E-state index is 12.0. The van der Waals surface area contributed by atoms with Crippen LogP contribution in [0.3, 0.4) is 0 Å². The van der Waals surface area contributed by atoms with Crippen LogP contribution in [-0.2, 0) is 29.9 Å². The third-order valence-electron chi connectivity index (χ3n) is 2.37. The van der Waals surface area contributed by atoms with E-state index in [2.05, 4.69) is 4.72 Å². The molecule has 0 aliphatic heterocycles. The Kier molecular flexibility index (Phi) is 5.16. The largest absolute Gasteiger partial charge is 0.240 e. The van der Waals surface area contributed by atoms with E-state index in [1.807, 2.05) is 0 Å². The van der Waals surface area contributed by atoms with E-state index >= 15 is 0 Å². The molecule has 0 saturated carbocycles.